The second kappa shape index (κ2) is 9.00. The third-order valence-corrected chi connectivity index (χ3v) is 4.40. The summed E-state index contributed by atoms with van der Waals surface area (Å²) in [6.45, 7) is 5.29. The van der Waals surface area contributed by atoms with Crippen molar-refractivity contribution < 1.29 is 9.47 Å². The molecule has 0 aliphatic rings. The number of benzene rings is 2. The molecule has 126 valence electrons. The van der Waals surface area contributed by atoms with E-state index in [0.717, 1.165) is 28.3 Å². The van der Waals surface area contributed by atoms with Gasteiger partial charge < -0.3 is 9.47 Å². The Morgan fingerprint density at radius 2 is 1.78 bits per heavy atom. The zero-order valence-electron chi connectivity index (χ0n) is 13.3. The molecule has 0 amide bonds. The molecule has 0 aliphatic heterocycles. The molecular weight excluding hydrogens is 399 g/mol. The number of hydrogen-bond donors (Lipinski definition) is 0. The van der Waals surface area contributed by atoms with Gasteiger partial charge in [-0.2, -0.15) is 0 Å². The Balaban J connectivity index is 2.31. The molecule has 0 fully saturated rings. The highest BCUT2D eigenvalue weighted by Crippen LogP contribution is 2.40. The van der Waals surface area contributed by atoms with Crippen LogP contribution in [0.5, 0.6) is 11.5 Å². The van der Waals surface area contributed by atoms with Gasteiger partial charge in [0.1, 0.15) is 18.1 Å². The zero-order chi connectivity index (χ0) is 16.8. The molecule has 2 nitrogen and oxygen atoms in total. The fraction of sp³-hybridized carbons (Fsp3) is 0.444. The number of rotatable bonds is 8. The maximum absolute atomic E-state index is 6.42. The van der Waals surface area contributed by atoms with Crippen molar-refractivity contribution in [2.75, 3.05) is 18.5 Å². The van der Waals surface area contributed by atoms with Crippen LogP contribution in [-0.2, 0) is 0 Å². The highest BCUT2D eigenvalue weighted by Gasteiger charge is 2.14. The predicted molar refractivity (Wildman–Crippen MR) is 103 cm³/mol. The lowest BCUT2D eigenvalue weighted by Crippen LogP contribution is -2.12. The highest BCUT2D eigenvalue weighted by atomic mass is 79.9. The average molecular weight is 420 g/mol. The van der Waals surface area contributed by atoms with E-state index in [1.807, 2.05) is 30.3 Å². The number of alkyl halides is 2. The Bertz CT molecular complexity index is 646. The molecule has 0 heterocycles. The van der Waals surface area contributed by atoms with Gasteiger partial charge in [0.05, 0.1) is 17.0 Å². The van der Waals surface area contributed by atoms with E-state index in [1.165, 1.54) is 0 Å². The van der Waals surface area contributed by atoms with Crippen LogP contribution in [-0.4, -0.2) is 23.9 Å². The van der Waals surface area contributed by atoms with Gasteiger partial charge in [-0.05, 0) is 12.3 Å². The number of fused-ring (bicyclic) bond motifs is 1. The molecule has 0 N–H and O–H groups in total. The summed E-state index contributed by atoms with van der Waals surface area (Å²) >= 11 is 16.0. The van der Waals surface area contributed by atoms with Crippen molar-refractivity contribution in [3.05, 3.63) is 35.4 Å². The van der Waals surface area contributed by atoms with E-state index in [0.29, 0.717) is 29.9 Å². The minimum atomic E-state index is -0.0382. The summed E-state index contributed by atoms with van der Waals surface area (Å²) in [7, 11) is 0. The fourth-order valence-corrected chi connectivity index (χ4v) is 3.42. The quantitative estimate of drug-likeness (QED) is 0.467. The van der Waals surface area contributed by atoms with Crippen LogP contribution in [0.25, 0.3) is 10.8 Å². The van der Waals surface area contributed by atoms with E-state index in [2.05, 4.69) is 29.8 Å². The topological polar surface area (TPSA) is 18.5 Å². The fourth-order valence-electron chi connectivity index (χ4n) is 2.18. The van der Waals surface area contributed by atoms with Gasteiger partial charge in [-0.3, -0.25) is 0 Å². The normalized spacial score (nSPS) is 12.6. The van der Waals surface area contributed by atoms with Crippen LogP contribution in [0.4, 0.5) is 0 Å². The molecule has 2 rings (SSSR count). The Morgan fingerprint density at radius 1 is 1.09 bits per heavy atom. The molecule has 2 aromatic rings. The maximum Gasteiger partial charge on any atom is 0.145 e. The van der Waals surface area contributed by atoms with Crippen molar-refractivity contribution in [1.82, 2.24) is 0 Å². The molecule has 5 heteroatoms. The van der Waals surface area contributed by atoms with Gasteiger partial charge in [-0.15, -0.1) is 11.6 Å². The lowest BCUT2D eigenvalue weighted by molar-refractivity contribution is 0.273. The van der Waals surface area contributed by atoms with E-state index in [9.17, 15) is 0 Å². The molecule has 0 saturated carbocycles. The molecule has 0 radical (unpaired) electrons. The van der Waals surface area contributed by atoms with Crippen LogP contribution in [0, 0.1) is 5.92 Å². The molecule has 0 aromatic heterocycles. The second-order valence-electron chi connectivity index (χ2n) is 5.82. The van der Waals surface area contributed by atoms with E-state index < -0.39 is 0 Å². The zero-order valence-corrected chi connectivity index (χ0v) is 16.4. The molecule has 0 bridgehead atoms. The van der Waals surface area contributed by atoms with Crippen LogP contribution in [0.15, 0.2) is 30.3 Å². The second-order valence-corrected chi connectivity index (χ2v) is 7.64. The Hall–Kier alpha value is -0.640. The SMILES string of the molecule is CC(C)COc1c(Cl)cc(OCC(Cl)CCBr)c2ccccc12. The first-order valence-corrected chi connectivity index (χ1v) is 9.63. The molecule has 23 heavy (non-hydrogen) atoms. The molecule has 0 saturated heterocycles. The summed E-state index contributed by atoms with van der Waals surface area (Å²) < 4.78 is 11.8. The predicted octanol–water partition coefficient (Wildman–Crippen LogP) is 6.30. The van der Waals surface area contributed by atoms with Crippen molar-refractivity contribution in [3.8, 4) is 11.5 Å². The van der Waals surface area contributed by atoms with Crippen LogP contribution in [0.3, 0.4) is 0 Å². The molecule has 2 aromatic carbocycles. The van der Waals surface area contributed by atoms with E-state index in [1.54, 1.807) is 0 Å². The first-order chi connectivity index (χ1) is 11.0. The van der Waals surface area contributed by atoms with Crippen LogP contribution >= 0.6 is 39.1 Å². The lowest BCUT2D eigenvalue weighted by Gasteiger charge is -2.17. The monoisotopic (exact) mass is 418 g/mol. The highest BCUT2D eigenvalue weighted by molar-refractivity contribution is 9.09. The summed E-state index contributed by atoms with van der Waals surface area (Å²) in [6, 6.07) is 9.78. The Kier molecular flexibility index (Phi) is 7.32. The molecule has 1 atom stereocenters. The van der Waals surface area contributed by atoms with Crippen molar-refractivity contribution >= 4 is 49.9 Å². The van der Waals surface area contributed by atoms with Gasteiger partial charge in [0.25, 0.3) is 0 Å². The molecule has 0 aliphatic carbocycles. The minimum absolute atomic E-state index is 0.0382. The summed E-state index contributed by atoms with van der Waals surface area (Å²) in [5.74, 6) is 1.89. The number of hydrogen-bond acceptors (Lipinski definition) is 2. The van der Waals surface area contributed by atoms with Crippen LogP contribution < -0.4 is 9.47 Å². The first kappa shape index (κ1) is 18.7. The van der Waals surface area contributed by atoms with E-state index in [-0.39, 0.29) is 5.38 Å². The van der Waals surface area contributed by atoms with Gasteiger partial charge in [0.2, 0.25) is 0 Å². The van der Waals surface area contributed by atoms with Gasteiger partial charge in [0, 0.05) is 22.2 Å². The van der Waals surface area contributed by atoms with Gasteiger partial charge in [0.15, 0.2) is 0 Å². The van der Waals surface area contributed by atoms with E-state index >= 15 is 0 Å². The summed E-state index contributed by atoms with van der Waals surface area (Å²) in [5.41, 5.74) is 0. The van der Waals surface area contributed by atoms with Crippen molar-refractivity contribution in [2.24, 2.45) is 5.92 Å². The average Bonchev–Trinajstić information content (AvgIpc) is 2.52. The largest absolute Gasteiger partial charge is 0.491 e. The van der Waals surface area contributed by atoms with Crippen LogP contribution in [0.1, 0.15) is 20.3 Å². The smallest absolute Gasteiger partial charge is 0.145 e. The molecule has 1 unspecified atom stereocenters. The summed E-state index contributed by atoms with van der Waals surface area (Å²) in [5, 5.41) is 3.32. The number of halogens is 3. The summed E-state index contributed by atoms with van der Waals surface area (Å²) in [4.78, 5) is 0. The van der Waals surface area contributed by atoms with Gasteiger partial charge in [-0.1, -0.05) is 65.6 Å². The van der Waals surface area contributed by atoms with Crippen molar-refractivity contribution in [2.45, 2.75) is 25.6 Å². The van der Waals surface area contributed by atoms with Crippen LogP contribution in [0.2, 0.25) is 5.02 Å². The molecule has 0 spiro atoms. The standard InChI is InChI=1S/C18H21BrCl2O2/c1-12(2)10-23-18-15-6-4-3-5-14(15)17(9-16(18)21)22-11-13(20)7-8-19/h3-6,9,12-13H,7-8,10-11H2,1-2H3. The third kappa shape index (κ3) is 5.17. The van der Waals surface area contributed by atoms with Crippen molar-refractivity contribution in [3.63, 3.8) is 0 Å². The minimum Gasteiger partial charge on any atom is -0.491 e. The van der Waals surface area contributed by atoms with Gasteiger partial charge in [-0.25, -0.2) is 0 Å². The Morgan fingerprint density at radius 3 is 2.43 bits per heavy atom. The number of ether oxygens (including phenoxy) is 2. The Labute approximate surface area is 156 Å². The third-order valence-electron chi connectivity index (χ3n) is 3.31. The first-order valence-electron chi connectivity index (χ1n) is 7.69. The van der Waals surface area contributed by atoms with Gasteiger partial charge >= 0.3 is 0 Å². The van der Waals surface area contributed by atoms with Crippen molar-refractivity contribution in [1.29, 1.82) is 0 Å². The molecular formula is C18H21BrCl2O2. The van der Waals surface area contributed by atoms with E-state index in [4.69, 9.17) is 32.7 Å². The lowest BCUT2D eigenvalue weighted by atomic mass is 10.1. The maximum atomic E-state index is 6.42. The summed E-state index contributed by atoms with van der Waals surface area (Å²) in [6.07, 6.45) is 0.850.